The molecule has 5 aromatic rings. The summed E-state index contributed by atoms with van der Waals surface area (Å²) < 4.78 is 2.09. The first kappa shape index (κ1) is 21.9. The van der Waals surface area contributed by atoms with Crippen LogP contribution in [-0.2, 0) is 5.54 Å². The number of benzene rings is 2. The highest BCUT2D eigenvalue weighted by Gasteiger charge is 2.34. The third-order valence-electron chi connectivity index (χ3n) is 6.27. The third-order valence-corrected chi connectivity index (χ3v) is 6.27. The van der Waals surface area contributed by atoms with E-state index in [9.17, 15) is 0 Å². The molecule has 0 unspecified atom stereocenters. The predicted molar refractivity (Wildman–Crippen MR) is 136 cm³/mol. The van der Waals surface area contributed by atoms with E-state index in [4.69, 9.17) is 15.7 Å². The van der Waals surface area contributed by atoms with E-state index < -0.39 is 0 Å². The van der Waals surface area contributed by atoms with Gasteiger partial charge in [0.2, 0.25) is 0 Å². The Hall–Kier alpha value is -3.90. The van der Waals surface area contributed by atoms with Crippen LogP contribution in [0.2, 0.25) is 0 Å². The highest BCUT2D eigenvalue weighted by molar-refractivity contribution is 5.80. The Labute approximate surface area is 199 Å². The zero-order valence-corrected chi connectivity index (χ0v) is 19.5. The number of pyridine rings is 1. The van der Waals surface area contributed by atoms with Gasteiger partial charge in [-0.2, -0.15) is 0 Å². The van der Waals surface area contributed by atoms with Crippen LogP contribution in [0.1, 0.15) is 38.7 Å². The van der Waals surface area contributed by atoms with E-state index in [2.05, 4.69) is 50.9 Å². The minimum absolute atomic E-state index is 0.188. The Bertz CT molecular complexity index is 1390. The maximum absolute atomic E-state index is 6.54. The van der Waals surface area contributed by atoms with Gasteiger partial charge in [0.1, 0.15) is 17.0 Å². The zero-order valence-electron chi connectivity index (χ0n) is 19.5. The zero-order chi connectivity index (χ0) is 23.5. The van der Waals surface area contributed by atoms with E-state index in [1.54, 1.807) is 12.4 Å². The maximum atomic E-state index is 6.54. The fourth-order valence-corrected chi connectivity index (χ4v) is 4.31. The molecule has 0 atom stereocenters. The molecule has 6 heteroatoms. The molecule has 0 spiro atoms. The first-order valence-corrected chi connectivity index (χ1v) is 11.8. The van der Waals surface area contributed by atoms with Crippen LogP contribution in [0.3, 0.4) is 0 Å². The van der Waals surface area contributed by atoms with E-state index in [0.717, 1.165) is 46.8 Å². The topological polar surface area (TPSA) is 82.5 Å². The monoisotopic (exact) mass is 448 g/mol. The standard InChI is InChI=1S/C26H22N6.C2H6/c27-26(14-6-15-26)19-10-12-20(13-11-19)32-24(18-7-2-1-3-8-18)30-22-17-29-23(31-25(22)32)21-9-4-5-16-28-21;1-2/h1-5,7-13,16-17H,6,14-15,27H2;1-2H3. The lowest BCUT2D eigenvalue weighted by molar-refractivity contribution is 0.253. The van der Waals surface area contributed by atoms with E-state index in [1.165, 1.54) is 12.0 Å². The van der Waals surface area contributed by atoms with Crippen molar-refractivity contribution < 1.29 is 0 Å². The second-order valence-electron chi connectivity index (χ2n) is 8.31. The molecule has 1 fully saturated rings. The summed E-state index contributed by atoms with van der Waals surface area (Å²) in [6.07, 6.45) is 6.78. The van der Waals surface area contributed by atoms with E-state index in [-0.39, 0.29) is 5.54 Å². The summed E-state index contributed by atoms with van der Waals surface area (Å²) in [7, 11) is 0. The Balaban J connectivity index is 0.00000117. The number of aromatic nitrogens is 5. The van der Waals surface area contributed by atoms with Crippen molar-refractivity contribution in [3.63, 3.8) is 0 Å². The molecule has 0 bridgehead atoms. The predicted octanol–water partition coefficient (Wildman–Crippen LogP) is 5.91. The molecule has 2 N–H and O–H groups in total. The molecule has 1 aliphatic carbocycles. The Morgan fingerprint density at radius 2 is 1.56 bits per heavy atom. The van der Waals surface area contributed by atoms with E-state index in [1.807, 2.05) is 50.2 Å². The van der Waals surface area contributed by atoms with E-state index in [0.29, 0.717) is 5.82 Å². The summed E-state index contributed by atoms with van der Waals surface area (Å²) >= 11 is 0. The van der Waals surface area contributed by atoms with Gasteiger partial charge < -0.3 is 5.73 Å². The van der Waals surface area contributed by atoms with Crippen molar-refractivity contribution in [1.82, 2.24) is 24.5 Å². The summed E-state index contributed by atoms with van der Waals surface area (Å²) in [5, 5.41) is 0. The number of nitrogens with zero attached hydrogens (tertiary/aromatic N) is 5. The van der Waals surface area contributed by atoms with Gasteiger partial charge in [-0.25, -0.2) is 15.0 Å². The Morgan fingerprint density at radius 1 is 0.824 bits per heavy atom. The minimum atomic E-state index is -0.188. The third kappa shape index (κ3) is 3.86. The summed E-state index contributed by atoms with van der Waals surface area (Å²) in [6.45, 7) is 4.00. The molecule has 170 valence electrons. The van der Waals surface area contributed by atoms with Gasteiger partial charge in [0.25, 0.3) is 0 Å². The van der Waals surface area contributed by atoms with Crippen molar-refractivity contribution in [2.45, 2.75) is 38.6 Å². The molecule has 6 rings (SSSR count). The molecule has 0 aliphatic heterocycles. The van der Waals surface area contributed by atoms with Crippen LogP contribution in [0, 0.1) is 0 Å². The van der Waals surface area contributed by atoms with Crippen LogP contribution in [-0.4, -0.2) is 24.5 Å². The average molecular weight is 449 g/mol. The summed E-state index contributed by atoms with van der Waals surface area (Å²) in [4.78, 5) is 18.7. The number of imidazole rings is 1. The molecule has 6 nitrogen and oxygen atoms in total. The summed E-state index contributed by atoms with van der Waals surface area (Å²) in [5.41, 5.74) is 11.8. The SMILES string of the molecule is CC.NC1(c2ccc(-n3c(-c4ccccc4)nc4cnc(-c5ccccn5)nc43)cc2)CCC1. The summed E-state index contributed by atoms with van der Waals surface area (Å²) in [5.74, 6) is 1.40. The molecule has 0 radical (unpaired) electrons. The molecule has 0 saturated heterocycles. The molecule has 1 saturated carbocycles. The normalized spacial score (nSPS) is 14.2. The van der Waals surface area contributed by atoms with Crippen LogP contribution in [0.15, 0.2) is 85.2 Å². The molecule has 34 heavy (non-hydrogen) atoms. The minimum Gasteiger partial charge on any atom is -0.321 e. The maximum Gasteiger partial charge on any atom is 0.180 e. The van der Waals surface area contributed by atoms with Crippen molar-refractivity contribution in [2.24, 2.45) is 5.73 Å². The number of hydrogen-bond acceptors (Lipinski definition) is 5. The lowest BCUT2D eigenvalue weighted by Crippen LogP contribution is -2.43. The van der Waals surface area contributed by atoms with Crippen molar-refractivity contribution in [3.8, 4) is 28.6 Å². The second-order valence-corrected chi connectivity index (χ2v) is 8.31. The molecule has 1 aliphatic rings. The fourth-order valence-electron chi connectivity index (χ4n) is 4.31. The first-order valence-electron chi connectivity index (χ1n) is 11.8. The van der Waals surface area contributed by atoms with Gasteiger partial charge in [0.15, 0.2) is 11.5 Å². The molecule has 3 aromatic heterocycles. The van der Waals surface area contributed by atoms with Gasteiger partial charge >= 0.3 is 0 Å². The van der Waals surface area contributed by atoms with Crippen LogP contribution in [0.4, 0.5) is 0 Å². The summed E-state index contributed by atoms with van der Waals surface area (Å²) in [6, 6.07) is 24.4. The number of fused-ring (bicyclic) bond motifs is 1. The van der Waals surface area contributed by atoms with Crippen molar-refractivity contribution in [3.05, 3.63) is 90.8 Å². The molecular weight excluding hydrogens is 420 g/mol. The van der Waals surface area contributed by atoms with Crippen LogP contribution in [0.5, 0.6) is 0 Å². The largest absolute Gasteiger partial charge is 0.321 e. The first-order chi connectivity index (χ1) is 16.7. The number of nitrogens with two attached hydrogens (primary N) is 1. The highest BCUT2D eigenvalue weighted by atomic mass is 15.2. The van der Waals surface area contributed by atoms with Crippen molar-refractivity contribution in [2.75, 3.05) is 0 Å². The number of hydrogen-bond donors (Lipinski definition) is 1. The van der Waals surface area contributed by atoms with Gasteiger partial charge in [-0.05, 0) is 49.1 Å². The van der Waals surface area contributed by atoms with Crippen LogP contribution >= 0.6 is 0 Å². The number of rotatable bonds is 4. The fraction of sp³-hybridized carbons (Fsp3) is 0.214. The van der Waals surface area contributed by atoms with Gasteiger partial charge in [-0.3, -0.25) is 9.55 Å². The van der Waals surface area contributed by atoms with Gasteiger partial charge in [-0.1, -0.05) is 62.4 Å². The second kappa shape index (κ2) is 9.15. The average Bonchev–Trinajstić information content (AvgIpc) is 3.28. The van der Waals surface area contributed by atoms with Crippen molar-refractivity contribution >= 4 is 11.2 Å². The highest BCUT2D eigenvalue weighted by Crippen LogP contribution is 2.39. The molecular formula is C28H28N6. The van der Waals surface area contributed by atoms with Crippen LogP contribution < -0.4 is 5.73 Å². The Morgan fingerprint density at radius 3 is 2.21 bits per heavy atom. The molecule has 0 amide bonds. The van der Waals surface area contributed by atoms with Gasteiger partial charge in [0, 0.05) is 23.0 Å². The Kier molecular flexibility index (Phi) is 5.90. The van der Waals surface area contributed by atoms with Crippen LogP contribution in [0.25, 0.3) is 39.8 Å². The smallest absolute Gasteiger partial charge is 0.180 e. The van der Waals surface area contributed by atoms with Crippen molar-refractivity contribution in [1.29, 1.82) is 0 Å². The lowest BCUT2D eigenvalue weighted by Gasteiger charge is -2.38. The quantitative estimate of drug-likeness (QED) is 0.370. The molecule has 3 heterocycles. The molecule has 2 aromatic carbocycles. The lowest BCUT2D eigenvalue weighted by atomic mass is 9.73. The van der Waals surface area contributed by atoms with Gasteiger partial charge in [0.05, 0.1) is 6.20 Å². The van der Waals surface area contributed by atoms with E-state index >= 15 is 0 Å². The van der Waals surface area contributed by atoms with Gasteiger partial charge in [-0.15, -0.1) is 0 Å².